The van der Waals surface area contributed by atoms with E-state index in [0.717, 1.165) is 21.3 Å². The summed E-state index contributed by atoms with van der Waals surface area (Å²) in [5, 5.41) is 34.4. The number of hydrogen-bond donors (Lipinski definition) is 4. The minimum atomic E-state index is -4.41. The van der Waals surface area contributed by atoms with Gasteiger partial charge < -0.3 is 15.6 Å². The SMILES string of the molecule is O=C(O)C1=C(CSc2nnnn2CS(=O)(=O)O)CS[C@@H]2[C@H](NC(=O)/C(=N/O)c3ccccc3)C(=O)N12. The summed E-state index contributed by atoms with van der Waals surface area (Å²) in [7, 11) is -4.41. The molecule has 2 aliphatic rings. The van der Waals surface area contributed by atoms with E-state index >= 15 is 0 Å². The van der Waals surface area contributed by atoms with Crippen molar-refractivity contribution in [1.29, 1.82) is 0 Å². The zero-order valence-corrected chi connectivity index (χ0v) is 20.4. The number of hydrogen-bond acceptors (Lipinski definition) is 12. The van der Waals surface area contributed by atoms with Crippen LogP contribution in [-0.2, 0) is 30.4 Å². The van der Waals surface area contributed by atoms with E-state index in [2.05, 4.69) is 26.0 Å². The number of rotatable bonds is 9. The molecule has 0 radical (unpaired) electrons. The van der Waals surface area contributed by atoms with Crippen LogP contribution >= 0.6 is 23.5 Å². The van der Waals surface area contributed by atoms with Crippen molar-refractivity contribution >= 4 is 57.1 Å². The summed E-state index contributed by atoms with van der Waals surface area (Å²) >= 11 is 2.15. The van der Waals surface area contributed by atoms with Gasteiger partial charge in [0, 0.05) is 17.1 Å². The molecule has 0 saturated carbocycles. The normalized spacial score (nSPS) is 20.1. The molecule has 2 aromatic rings. The smallest absolute Gasteiger partial charge is 0.352 e. The minimum absolute atomic E-state index is 0.0172. The molecule has 0 unspecified atom stereocenters. The minimum Gasteiger partial charge on any atom is -0.477 e. The van der Waals surface area contributed by atoms with Gasteiger partial charge in [0.25, 0.3) is 21.9 Å². The van der Waals surface area contributed by atoms with E-state index < -0.39 is 45.2 Å². The Morgan fingerprint density at radius 3 is 2.64 bits per heavy atom. The number of nitrogens with zero attached hydrogens (tertiary/aromatic N) is 6. The number of β-lactam (4-membered cyclic amide) rings is 1. The number of amides is 2. The van der Waals surface area contributed by atoms with Crippen molar-refractivity contribution in [1.82, 2.24) is 30.4 Å². The highest BCUT2D eigenvalue weighted by Crippen LogP contribution is 2.41. The van der Waals surface area contributed by atoms with E-state index in [0.29, 0.717) is 11.1 Å². The van der Waals surface area contributed by atoms with Crippen molar-refractivity contribution in [2.75, 3.05) is 11.5 Å². The van der Waals surface area contributed by atoms with Crippen LogP contribution in [0.15, 0.2) is 51.9 Å². The zero-order valence-electron chi connectivity index (χ0n) is 18.0. The van der Waals surface area contributed by atoms with Gasteiger partial charge in [-0.25, -0.2) is 9.48 Å². The Hall–Kier alpha value is -3.48. The molecule has 2 amide bonds. The van der Waals surface area contributed by atoms with Gasteiger partial charge in [0.2, 0.25) is 5.16 Å². The van der Waals surface area contributed by atoms with Crippen molar-refractivity contribution in [2.24, 2.45) is 5.16 Å². The molecule has 1 fully saturated rings. The van der Waals surface area contributed by atoms with Gasteiger partial charge in [0.1, 0.15) is 17.1 Å². The Kier molecular flexibility index (Phi) is 7.29. The van der Waals surface area contributed by atoms with Crippen molar-refractivity contribution in [3.8, 4) is 0 Å². The molecule has 0 bridgehead atoms. The molecule has 190 valence electrons. The molecule has 4 N–H and O–H groups in total. The molecule has 0 aliphatic carbocycles. The van der Waals surface area contributed by atoms with Gasteiger partial charge in [-0.3, -0.25) is 19.0 Å². The number of carboxylic acids is 1. The summed E-state index contributed by atoms with van der Waals surface area (Å²) in [6, 6.07) is 7.08. The van der Waals surface area contributed by atoms with Gasteiger partial charge in [-0.15, -0.1) is 16.9 Å². The molecular weight excluding hydrogens is 538 g/mol. The second-order valence-electron chi connectivity index (χ2n) is 7.39. The summed E-state index contributed by atoms with van der Waals surface area (Å²) in [6.45, 7) is 0. The van der Waals surface area contributed by atoms with E-state index in [9.17, 15) is 33.1 Å². The van der Waals surface area contributed by atoms with Crippen molar-refractivity contribution in [3.05, 3.63) is 47.2 Å². The molecule has 15 nitrogen and oxygen atoms in total. The Bertz CT molecular complexity index is 1380. The maximum absolute atomic E-state index is 12.8. The average molecular weight is 556 g/mol. The fourth-order valence-corrected chi connectivity index (χ4v) is 6.45. The Morgan fingerprint density at radius 1 is 1.28 bits per heavy atom. The van der Waals surface area contributed by atoms with E-state index in [-0.39, 0.29) is 28.1 Å². The molecule has 0 spiro atoms. The van der Waals surface area contributed by atoms with E-state index in [1.54, 1.807) is 30.3 Å². The van der Waals surface area contributed by atoms with E-state index in [1.807, 2.05) is 0 Å². The number of fused-ring (bicyclic) bond motifs is 1. The number of aromatic nitrogens is 4. The van der Waals surface area contributed by atoms with Crippen molar-refractivity contribution in [2.45, 2.75) is 22.4 Å². The van der Waals surface area contributed by atoms with Gasteiger partial charge in [-0.05, 0) is 16.0 Å². The van der Waals surface area contributed by atoms with E-state index in [4.69, 9.17) is 4.55 Å². The number of carbonyl (C=O) groups is 3. The maximum atomic E-state index is 12.8. The summed E-state index contributed by atoms with van der Waals surface area (Å²) in [5.41, 5.74) is 0.139. The predicted octanol–water partition coefficient (Wildman–Crippen LogP) is -0.772. The van der Waals surface area contributed by atoms with Gasteiger partial charge in [-0.2, -0.15) is 8.42 Å². The van der Waals surface area contributed by atoms with Crippen LogP contribution in [0.4, 0.5) is 0 Å². The number of carbonyl (C=O) groups excluding carboxylic acids is 2. The number of oxime groups is 1. The summed E-state index contributed by atoms with van der Waals surface area (Å²) < 4.78 is 32.1. The highest BCUT2D eigenvalue weighted by molar-refractivity contribution is 8.01. The second-order valence-corrected chi connectivity index (χ2v) is 10.9. The first-order valence-electron chi connectivity index (χ1n) is 9.93. The van der Waals surface area contributed by atoms with Crippen LogP contribution in [0, 0.1) is 0 Å². The predicted molar refractivity (Wildman–Crippen MR) is 125 cm³/mol. The molecule has 1 aromatic carbocycles. The molecule has 2 atom stereocenters. The number of thioether (sulfide) groups is 2. The molecule has 36 heavy (non-hydrogen) atoms. The third kappa shape index (κ3) is 5.20. The fourth-order valence-electron chi connectivity index (χ4n) is 3.52. The van der Waals surface area contributed by atoms with Crippen LogP contribution in [-0.4, -0.2) is 94.8 Å². The summed E-state index contributed by atoms with van der Waals surface area (Å²) in [4.78, 5) is 38.6. The lowest BCUT2D eigenvalue weighted by Gasteiger charge is -2.49. The largest absolute Gasteiger partial charge is 0.477 e. The van der Waals surface area contributed by atoms with Crippen LogP contribution in [0.2, 0.25) is 0 Å². The fraction of sp³-hybridized carbons (Fsp3) is 0.278. The van der Waals surface area contributed by atoms with E-state index in [1.165, 1.54) is 11.8 Å². The van der Waals surface area contributed by atoms with Gasteiger partial charge in [0.05, 0.1) is 0 Å². The van der Waals surface area contributed by atoms with Crippen molar-refractivity contribution in [3.63, 3.8) is 0 Å². The molecule has 2 aliphatic heterocycles. The van der Waals surface area contributed by atoms with Gasteiger partial charge in [0.15, 0.2) is 11.6 Å². The Labute approximate surface area is 211 Å². The number of benzene rings is 1. The summed E-state index contributed by atoms with van der Waals surface area (Å²) in [6.07, 6.45) is 0. The molecular formula is C18H17N7O8S3. The lowest BCUT2D eigenvalue weighted by molar-refractivity contribution is -0.150. The maximum Gasteiger partial charge on any atom is 0.352 e. The third-order valence-electron chi connectivity index (χ3n) is 5.06. The molecule has 1 aromatic heterocycles. The third-order valence-corrected chi connectivity index (χ3v) is 8.01. The van der Waals surface area contributed by atoms with Crippen LogP contribution in [0.25, 0.3) is 0 Å². The first kappa shape index (κ1) is 25.6. The molecule has 3 heterocycles. The Balaban J connectivity index is 1.48. The average Bonchev–Trinajstić information content (AvgIpc) is 3.26. The lowest BCUT2D eigenvalue weighted by atomic mass is 10.0. The van der Waals surface area contributed by atoms with Crippen LogP contribution in [0.5, 0.6) is 0 Å². The first-order chi connectivity index (χ1) is 17.1. The standard InChI is InChI=1S/C18H17N7O8S3/c26-14(11(21-30)9-4-2-1-3-5-9)19-12-15(27)25-13(17(28)29)10(6-34-16(12)25)7-35-18-20-22-23-24(18)8-36(31,32)33/h1-5,12,16,30H,6-8H2,(H,19,26)(H,28,29)(H,31,32,33)/b21-11+/t12-,16-/m1/s1. The first-order valence-corrected chi connectivity index (χ1v) is 13.6. The van der Waals surface area contributed by atoms with Crippen LogP contribution in [0.1, 0.15) is 5.56 Å². The Morgan fingerprint density at radius 2 is 2.00 bits per heavy atom. The van der Waals surface area contributed by atoms with Crippen LogP contribution < -0.4 is 5.32 Å². The molecule has 1 saturated heterocycles. The number of tetrazole rings is 1. The highest BCUT2D eigenvalue weighted by Gasteiger charge is 2.54. The number of aliphatic carboxylic acids is 1. The van der Waals surface area contributed by atoms with Crippen LogP contribution in [0.3, 0.4) is 0 Å². The second kappa shape index (κ2) is 10.2. The van der Waals surface area contributed by atoms with Gasteiger partial charge >= 0.3 is 5.97 Å². The molecule has 18 heteroatoms. The topological polar surface area (TPSA) is 217 Å². The summed E-state index contributed by atoms with van der Waals surface area (Å²) in [5.74, 6) is -3.47. The molecule has 4 rings (SSSR count). The van der Waals surface area contributed by atoms with Gasteiger partial charge in [-0.1, -0.05) is 47.2 Å². The monoisotopic (exact) mass is 555 g/mol. The number of carboxylic acid groups (broad SMARTS) is 1. The van der Waals surface area contributed by atoms with Crippen molar-refractivity contribution < 1.29 is 37.7 Å². The highest BCUT2D eigenvalue weighted by atomic mass is 32.2. The lowest BCUT2D eigenvalue weighted by Crippen LogP contribution is -2.71. The number of nitrogens with one attached hydrogen (secondary N) is 1. The zero-order chi connectivity index (χ0) is 26.0. The quantitative estimate of drug-likeness (QED) is 0.0747.